The maximum absolute atomic E-state index is 12.8. The average molecular weight is 453 g/mol. The summed E-state index contributed by atoms with van der Waals surface area (Å²) in [5, 5.41) is 5.16. The van der Waals surface area contributed by atoms with Crippen LogP contribution in [0.15, 0.2) is 48.2 Å². The van der Waals surface area contributed by atoms with E-state index in [9.17, 15) is 14.4 Å². The van der Waals surface area contributed by atoms with Crippen molar-refractivity contribution in [3.63, 3.8) is 0 Å². The van der Waals surface area contributed by atoms with Gasteiger partial charge < -0.3 is 24.8 Å². The molecule has 1 heterocycles. The third-order valence-electron chi connectivity index (χ3n) is 5.05. The highest BCUT2D eigenvalue weighted by molar-refractivity contribution is 6.16. The number of urea groups is 1. The van der Waals surface area contributed by atoms with Gasteiger partial charge in [0.2, 0.25) is 5.91 Å². The van der Waals surface area contributed by atoms with Crippen molar-refractivity contribution in [2.45, 2.75) is 26.4 Å². The molecule has 2 aromatic rings. The summed E-state index contributed by atoms with van der Waals surface area (Å²) in [6, 6.07) is 11.4. The molecule has 1 aliphatic rings. The van der Waals surface area contributed by atoms with Gasteiger partial charge in [-0.15, -0.1) is 0 Å². The van der Waals surface area contributed by atoms with E-state index in [2.05, 4.69) is 10.6 Å². The lowest BCUT2D eigenvalue weighted by Gasteiger charge is -2.15. The number of para-hydroxylation sites is 2. The van der Waals surface area contributed by atoms with Crippen molar-refractivity contribution in [3.8, 4) is 17.2 Å². The van der Waals surface area contributed by atoms with Crippen LogP contribution in [-0.2, 0) is 9.59 Å². The van der Waals surface area contributed by atoms with Gasteiger partial charge >= 0.3 is 6.03 Å². The first-order valence-corrected chi connectivity index (χ1v) is 10.5. The number of nitrogens with one attached hydrogen (secondary N) is 2. The summed E-state index contributed by atoms with van der Waals surface area (Å²) < 4.78 is 16.4. The minimum Gasteiger partial charge on any atom is -0.495 e. The van der Waals surface area contributed by atoms with E-state index in [1.54, 1.807) is 42.5 Å². The largest absolute Gasteiger partial charge is 0.495 e. The zero-order valence-corrected chi connectivity index (χ0v) is 19.0. The highest BCUT2D eigenvalue weighted by Crippen LogP contribution is 2.30. The first-order valence-electron chi connectivity index (χ1n) is 10.5. The molecule has 1 saturated heterocycles. The average Bonchev–Trinajstić information content (AvgIpc) is 3.07. The van der Waals surface area contributed by atoms with Gasteiger partial charge in [0.25, 0.3) is 5.91 Å². The van der Waals surface area contributed by atoms with Crippen molar-refractivity contribution < 1.29 is 28.6 Å². The molecule has 1 aliphatic heterocycles. The second-order valence-corrected chi connectivity index (χ2v) is 7.37. The summed E-state index contributed by atoms with van der Waals surface area (Å²) >= 11 is 0. The number of anilines is 1. The van der Waals surface area contributed by atoms with Crippen molar-refractivity contribution in [2.24, 2.45) is 0 Å². The molecule has 0 spiro atoms. The van der Waals surface area contributed by atoms with Crippen molar-refractivity contribution in [1.82, 2.24) is 10.2 Å². The van der Waals surface area contributed by atoms with E-state index in [1.807, 2.05) is 13.8 Å². The first kappa shape index (κ1) is 23.6. The second-order valence-electron chi connectivity index (χ2n) is 7.37. The van der Waals surface area contributed by atoms with E-state index in [0.29, 0.717) is 28.5 Å². The standard InChI is InChI=1S/C24H27N3O6/c1-5-15(2)33-20-11-10-16(13-21(20)32-4)12-18-23(29)27(24(30)26-18)14-22(28)25-17-8-6-7-9-19(17)31-3/h6-13,15H,5,14H2,1-4H3,(H,25,28)(H,26,30)/b18-12+/t15-/m1/s1. The molecule has 0 aliphatic carbocycles. The fourth-order valence-corrected chi connectivity index (χ4v) is 3.13. The maximum Gasteiger partial charge on any atom is 0.329 e. The van der Waals surface area contributed by atoms with Gasteiger partial charge in [0.15, 0.2) is 11.5 Å². The van der Waals surface area contributed by atoms with Gasteiger partial charge in [-0.05, 0) is 49.2 Å². The van der Waals surface area contributed by atoms with Gasteiger partial charge in [0, 0.05) is 0 Å². The highest BCUT2D eigenvalue weighted by Gasteiger charge is 2.35. The van der Waals surface area contributed by atoms with Crippen LogP contribution in [0.25, 0.3) is 6.08 Å². The first-order chi connectivity index (χ1) is 15.9. The molecule has 1 fully saturated rings. The number of carbonyl (C=O) groups is 3. The maximum atomic E-state index is 12.8. The zero-order chi connectivity index (χ0) is 24.0. The molecular formula is C24H27N3O6. The minimum absolute atomic E-state index is 0.0226. The zero-order valence-electron chi connectivity index (χ0n) is 19.0. The highest BCUT2D eigenvalue weighted by atomic mass is 16.5. The third-order valence-corrected chi connectivity index (χ3v) is 5.05. The molecule has 9 nitrogen and oxygen atoms in total. The molecule has 2 N–H and O–H groups in total. The van der Waals surface area contributed by atoms with Crippen LogP contribution in [0.5, 0.6) is 17.2 Å². The van der Waals surface area contributed by atoms with Crippen molar-refractivity contribution in [1.29, 1.82) is 0 Å². The summed E-state index contributed by atoms with van der Waals surface area (Å²) in [5.74, 6) is 0.435. The second kappa shape index (κ2) is 10.5. The molecule has 0 bridgehead atoms. The Hall–Kier alpha value is -4.01. The Kier molecular flexibility index (Phi) is 7.55. The van der Waals surface area contributed by atoms with E-state index >= 15 is 0 Å². The van der Waals surface area contributed by atoms with Crippen molar-refractivity contribution in [3.05, 3.63) is 53.7 Å². The molecule has 2 aromatic carbocycles. The fourth-order valence-electron chi connectivity index (χ4n) is 3.13. The van der Waals surface area contributed by atoms with Crippen LogP contribution in [0.3, 0.4) is 0 Å². The van der Waals surface area contributed by atoms with E-state index in [4.69, 9.17) is 14.2 Å². The van der Waals surface area contributed by atoms with E-state index in [0.717, 1.165) is 11.3 Å². The van der Waals surface area contributed by atoms with Crippen LogP contribution in [0, 0.1) is 0 Å². The van der Waals surface area contributed by atoms with Crippen LogP contribution in [0.2, 0.25) is 0 Å². The Morgan fingerprint density at radius 3 is 2.52 bits per heavy atom. The number of methoxy groups -OCH3 is 2. The molecule has 33 heavy (non-hydrogen) atoms. The molecule has 0 unspecified atom stereocenters. The van der Waals surface area contributed by atoms with Crippen LogP contribution in [0.4, 0.5) is 10.5 Å². The van der Waals surface area contributed by atoms with Gasteiger partial charge in [-0.1, -0.05) is 25.1 Å². The normalized spacial score (nSPS) is 15.3. The Labute approximate surface area is 192 Å². The predicted octanol–water partition coefficient (Wildman–Crippen LogP) is 3.41. The molecule has 0 saturated carbocycles. The monoisotopic (exact) mass is 453 g/mol. The summed E-state index contributed by atoms with van der Waals surface area (Å²) in [4.78, 5) is 38.4. The number of ether oxygens (including phenoxy) is 3. The van der Waals surface area contributed by atoms with E-state index < -0.39 is 24.4 Å². The van der Waals surface area contributed by atoms with Gasteiger partial charge in [-0.3, -0.25) is 9.59 Å². The quantitative estimate of drug-likeness (QED) is 0.445. The number of benzene rings is 2. The Morgan fingerprint density at radius 1 is 1.09 bits per heavy atom. The van der Waals surface area contributed by atoms with Crippen LogP contribution >= 0.6 is 0 Å². The topological polar surface area (TPSA) is 106 Å². The molecule has 0 radical (unpaired) electrons. The number of nitrogens with zero attached hydrogens (tertiary/aromatic N) is 1. The molecular weight excluding hydrogens is 426 g/mol. The fraction of sp³-hybridized carbons (Fsp3) is 0.292. The van der Waals surface area contributed by atoms with Gasteiger partial charge in [-0.25, -0.2) is 9.69 Å². The lowest BCUT2D eigenvalue weighted by Crippen LogP contribution is -2.38. The van der Waals surface area contributed by atoms with Crippen LogP contribution in [0.1, 0.15) is 25.8 Å². The minimum atomic E-state index is -0.676. The summed E-state index contributed by atoms with van der Waals surface area (Å²) in [6.45, 7) is 3.54. The lowest BCUT2D eigenvalue weighted by atomic mass is 10.1. The van der Waals surface area contributed by atoms with Crippen molar-refractivity contribution >= 4 is 29.6 Å². The van der Waals surface area contributed by atoms with E-state index in [-0.39, 0.29) is 11.8 Å². The van der Waals surface area contributed by atoms with E-state index in [1.165, 1.54) is 20.3 Å². The molecule has 3 rings (SSSR count). The summed E-state index contributed by atoms with van der Waals surface area (Å²) in [7, 11) is 3.01. The summed E-state index contributed by atoms with van der Waals surface area (Å²) in [6.07, 6.45) is 2.39. The van der Waals surface area contributed by atoms with Crippen LogP contribution < -0.4 is 24.8 Å². The smallest absolute Gasteiger partial charge is 0.329 e. The van der Waals surface area contributed by atoms with Crippen molar-refractivity contribution in [2.75, 3.05) is 26.1 Å². The van der Waals surface area contributed by atoms with Gasteiger partial charge in [-0.2, -0.15) is 0 Å². The Bertz CT molecular complexity index is 1080. The number of imide groups is 1. The van der Waals surface area contributed by atoms with Gasteiger partial charge in [0.1, 0.15) is 18.0 Å². The molecule has 0 aromatic heterocycles. The van der Waals surface area contributed by atoms with Gasteiger partial charge in [0.05, 0.1) is 26.0 Å². The SMILES string of the molecule is CC[C@@H](C)Oc1ccc(/C=C2/NC(=O)N(CC(=O)Nc3ccccc3OC)C2=O)cc1OC. The number of hydrogen-bond donors (Lipinski definition) is 2. The molecule has 1 atom stereocenters. The third kappa shape index (κ3) is 5.62. The number of amides is 4. The predicted molar refractivity (Wildman–Crippen MR) is 123 cm³/mol. The number of hydrogen-bond acceptors (Lipinski definition) is 6. The molecule has 174 valence electrons. The Balaban J connectivity index is 1.72. The number of rotatable bonds is 9. The number of carbonyl (C=O) groups excluding carboxylic acids is 3. The molecule has 9 heteroatoms. The Morgan fingerprint density at radius 2 is 1.82 bits per heavy atom. The van der Waals surface area contributed by atoms with Crippen LogP contribution in [-0.4, -0.2) is 49.6 Å². The summed E-state index contributed by atoms with van der Waals surface area (Å²) in [5.41, 5.74) is 1.13. The molecule has 4 amide bonds. The lowest BCUT2D eigenvalue weighted by molar-refractivity contribution is -0.127.